The van der Waals surface area contributed by atoms with Crippen LogP contribution in [0.15, 0.2) is 28.7 Å². The number of carbonyl (C=O) groups excluding carboxylic acids is 1. The molecule has 1 aliphatic heterocycles. The average molecular weight is 325 g/mol. The molecule has 2 aromatic rings. The van der Waals surface area contributed by atoms with E-state index in [9.17, 15) is 4.79 Å². The highest BCUT2D eigenvalue weighted by Gasteiger charge is 2.57. The molecule has 0 radical (unpaired) electrons. The molecule has 1 aromatic carbocycles. The molecule has 2 fully saturated rings. The zero-order chi connectivity index (χ0) is 16.7. The summed E-state index contributed by atoms with van der Waals surface area (Å²) in [5.74, 6) is 1.73. The average Bonchev–Trinajstić information content (AvgIpc) is 3.16. The summed E-state index contributed by atoms with van der Waals surface area (Å²) in [6, 6.07) is 7.72. The van der Waals surface area contributed by atoms with Gasteiger partial charge >= 0.3 is 0 Å². The number of carbonyl (C=O) groups is 1. The van der Waals surface area contributed by atoms with Crippen molar-refractivity contribution in [3.05, 3.63) is 35.7 Å². The number of nitrogens with zero attached hydrogens (tertiary/aromatic N) is 1. The number of hydrogen-bond donors (Lipinski definition) is 2. The molecule has 1 unspecified atom stereocenters. The lowest BCUT2D eigenvalue weighted by Gasteiger charge is -2.23. The number of rotatable bonds is 3. The van der Waals surface area contributed by atoms with Gasteiger partial charge < -0.3 is 15.1 Å². The normalized spacial score (nSPS) is 21.7. The van der Waals surface area contributed by atoms with Crippen LogP contribution in [-0.2, 0) is 4.79 Å². The van der Waals surface area contributed by atoms with Crippen molar-refractivity contribution in [2.24, 2.45) is 11.3 Å². The van der Waals surface area contributed by atoms with E-state index in [1.54, 1.807) is 0 Å². The SMILES string of the molecule is Cc1nc(-c2cccc(NC(=O)C3CC34CCNCC4)c2)oc1C. The molecule has 126 valence electrons. The van der Waals surface area contributed by atoms with Gasteiger partial charge in [0.2, 0.25) is 11.8 Å². The number of nitrogens with one attached hydrogen (secondary N) is 2. The van der Waals surface area contributed by atoms with E-state index >= 15 is 0 Å². The van der Waals surface area contributed by atoms with Crippen molar-refractivity contribution in [3.63, 3.8) is 0 Å². The summed E-state index contributed by atoms with van der Waals surface area (Å²) >= 11 is 0. The van der Waals surface area contributed by atoms with Crippen LogP contribution in [0.2, 0.25) is 0 Å². The molecule has 1 saturated carbocycles. The van der Waals surface area contributed by atoms with E-state index in [4.69, 9.17) is 4.42 Å². The van der Waals surface area contributed by atoms with Crippen molar-refractivity contribution in [3.8, 4) is 11.5 Å². The molecular weight excluding hydrogens is 302 g/mol. The fourth-order valence-corrected chi connectivity index (χ4v) is 3.75. The van der Waals surface area contributed by atoms with Crippen LogP contribution in [0, 0.1) is 25.2 Å². The predicted octanol–water partition coefficient (Wildman–Crippen LogP) is 3.29. The number of oxazole rings is 1. The summed E-state index contributed by atoms with van der Waals surface area (Å²) in [4.78, 5) is 17.0. The van der Waals surface area contributed by atoms with Crippen LogP contribution in [0.5, 0.6) is 0 Å². The summed E-state index contributed by atoms with van der Waals surface area (Å²) in [7, 11) is 0. The first-order valence-corrected chi connectivity index (χ1v) is 8.63. The highest BCUT2D eigenvalue weighted by Crippen LogP contribution is 2.58. The van der Waals surface area contributed by atoms with Crippen LogP contribution in [0.3, 0.4) is 0 Å². The molecule has 0 bridgehead atoms. The van der Waals surface area contributed by atoms with Crippen molar-refractivity contribution in [1.82, 2.24) is 10.3 Å². The zero-order valence-corrected chi connectivity index (χ0v) is 14.2. The van der Waals surface area contributed by atoms with Crippen molar-refractivity contribution in [2.45, 2.75) is 33.1 Å². The first-order chi connectivity index (χ1) is 11.6. The van der Waals surface area contributed by atoms with Gasteiger partial charge in [0.15, 0.2) is 0 Å². The van der Waals surface area contributed by atoms with Gasteiger partial charge in [-0.3, -0.25) is 4.79 Å². The summed E-state index contributed by atoms with van der Waals surface area (Å²) in [6.45, 7) is 5.90. The van der Waals surface area contributed by atoms with Crippen LogP contribution in [0.4, 0.5) is 5.69 Å². The molecule has 1 aromatic heterocycles. The van der Waals surface area contributed by atoms with Crippen molar-refractivity contribution in [2.75, 3.05) is 18.4 Å². The lowest BCUT2D eigenvalue weighted by Crippen LogP contribution is -2.31. The van der Waals surface area contributed by atoms with Gasteiger partial charge in [0.05, 0.1) is 5.69 Å². The quantitative estimate of drug-likeness (QED) is 0.909. The Morgan fingerprint density at radius 2 is 2.12 bits per heavy atom. The zero-order valence-electron chi connectivity index (χ0n) is 14.2. The number of aryl methyl sites for hydroxylation is 2. The van der Waals surface area contributed by atoms with Gasteiger partial charge in [-0.05, 0) is 69.8 Å². The fourth-order valence-electron chi connectivity index (χ4n) is 3.75. The Balaban J connectivity index is 1.47. The van der Waals surface area contributed by atoms with Crippen LogP contribution in [-0.4, -0.2) is 24.0 Å². The number of hydrogen-bond acceptors (Lipinski definition) is 4. The second-order valence-corrected chi connectivity index (χ2v) is 7.10. The number of anilines is 1. The van der Waals surface area contributed by atoms with Gasteiger partial charge in [0.25, 0.3) is 0 Å². The molecule has 1 saturated heterocycles. The Labute approximate surface area is 141 Å². The van der Waals surface area contributed by atoms with Gasteiger partial charge in [-0.25, -0.2) is 4.98 Å². The third kappa shape index (κ3) is 2.73. The van der Waals surface area contributed by atoms with E-state index in [0.29, 0.717) is 5.89 Å². The molecule has 1 atom stereocenters. The molecule has 1 aliphatic carbocycles. The molecule has 5 heteroatoms. The van der Waals surface area contributed by atoms with Gasteiger partial charge in [0, 0.05) is 17.2 Å². The molecule has 4 rings (SSSR count). The smallest absolute Gasteiger partial charge is 0.228 e. The summed E-state index contributed by atoms with van der Waals surface area (Å²) in [6.07, 6.45) is 3.25. The Hall–Kier alpha value is -2.14. The number of benzene rings is 1. The first-order valence-electron chi connectivity index (χ1n) is 8.63. The van der Waals surface area contributed by atoms with E-state index in [1.807, 2.05) is 38.1 Å². The monoisotopic (exact) mass is 325 g/mol. The van der Waals surface area contributed by atoms with Crippen LogP contribution in [0.1, 0.15) is 30.7 Å². The maximum Gasteiger partial charge on any atom is 0.228 e. The van der Waals surface area contributed by atoms with Crippen molar-refractivity contribution in [1.29, 1.82) is 0 Å². The fraction of sp³-hybridized carbons (Fsp3) is 0.474. The van der Waals surface area contributed by atoms with Gasteiger partial charge in [-0.1, -0.05) is 6.07 Å². The van der Waals surface area contributed by atoms with E-state index in [2.05, 4.69) is 15.6 Å². The lowest BCUT2D eigenvalue weighted by molar-refractivity contribution is -0.118. The molecule has 5 nitrogen and oxygen atoms in total. The Kier molecular flexibility index (Phi) is 3.68. The third-order valence-corrected chi connectivity index (χ3v) is 5.51. The minimum absolute atomic E-state index is 0.147. The van der Waals surface area contributed by atoms with Gasteiger partial charge in [-0.2, -0.15) is 0 Å². The highest BCUT2D eigenvalue weighted by molar-refractivity contribution is 5.95. The molecule has 2 N–H and O–H groups in total. The second-order valence-electron chi connectivity index (χ2n) is 7.10. The minimum atomic E-state index is 0.147. The summed E-state index contributed by atoms with van der Waals surface area (Å²) in [5.41, 5.74) is 2.84. The van der Waals surface area contributed by atoms with E-state index in [1.165, 1.54) is 0 Å². The maximum atomic E-state index is 12.6. The van der Waals surface area contributed by atoms with E-state index < -0.39 is 0 Å². The number of amides is 1. The Bertz CT molecular complexity index is 755. The predicted molar refractivity (Wildman–Crippen MR) is 92.7 cm³/mol. The largest absolute Gasteiger partial charge is 0.441 e. The van der Waals surface area contributed by atoms with E-state index in [-0.39, 0.29) is 17.2 Å². The molecule has 24 heavy (non-hydrogen) atoms. The molecular formula is C19H23N3O2. The Morgan fingerprint density at radius 1 is 1.33 bits per heavy atom. The standard InChI is InChI=1S/C19H23N3O2/c1-12-13(2)24-18(21-12)14-4-3-5-15(10-14)22-17(23)16-11-19(16)6-8-20-9-7-19/h3-5,10,16,20H,6-9,11H2,1-2H3,(H,22,23). The topological polar surface area (TPSA) is 67.2 Å². The molecule has 1 spiro atoms. The number of piperidine rings is 1. The van der Waals surface area contributed by atoms with Gasteiger partial charge in [-0.15, -0.1) is 0 Å². The maximum absolute atomic E-state index is 12.6. The lowest BCUT2D eigenvalue weighted by atomic mass is 9.92. The van der Waals surface area contributed by atoms with Crippen LogP contribution in [0.25, 0.3) is 11.5 Å². The Morgan fingerprint density at radius 3 is 2.83 bits per heavy atom. The second kappa shape index (κ2) is 5.74. The van der Waals surface area contributed by atoms with Crippen LogP contribution >= 0.6 is 0 Å². The minimum Gasteiger partial charge on any atom is -0.441 e. The van der Waals surface area contributed by atoms with Crippen molar-refractivity contribution < 1.29 is 9.21 Å². The summed E-state index contributed by atoms with van der Waals surface area (Å²) < 4.78 is 5.68. The van der Waals surface area contributed by atoms with E-state index in [0.717, 1.165) is 55.1 Å². The highest BCUT2D eigenvalue weighted by atomic mass is 16.4. The molecule has 2 aliphatic rings. The molecule has 1 amide bonds. The number of aromatic nitrogens is 1. The third-order valence-electron chi connectivity index (χ3n) is 5.51. The van der Waals surface area contributed by atoms with Gasteiger partial charge in [0.1, 0.15) is 5.76 Å². The first kappa shape index (κ1) is 15.4. The van der Waals surface area contributed by atoms with Crippen molar-refractivity contribution >= 4 is 11.6 Å². The summed E-state index contributed by atoms with van der Waals surface area (Å²) in [5, 5.41) is 6.45. The molecule has 2 heterocycles. The van der Waals surface area contributed by atoms with Crippen LogP contribution < -0.4 is 10.6 Å².